The smallest absolute Gasteiger partial charge is 0.317 e. The van der Waals surface area contributed by atoms with Crippen molar-refractivity contribution in [2.75, 3.05) is 50.7 Å². The van der Waals surface area contributed by atoms with Gasteiger partial charge >= 0.3 is 6.03 Å². The molecule has 1 aromatic heterocycles. The minimum Gasteiger partial charge on any atom is -0.337 e. The zero-order valence-corrected chi connectivity index (χ0v) is 15.4. The van der Waals surface area contributed by atoms with Crippen molar-refractivity contribution in [2.24, 2.45) is 5.92 Å². The van der Waals surface area contributed by atoms with Crippen LogP contribution in [-0.4, -0.2) is 77.7 Å². The second-order valence-electron chi connectivity index (χ2n) is 7.38. The van der Waals surface area contributed by atoms with Crippen LogP contribution in [0, 0.1) is 5.92 Å². The van der Waals surface area contributed by atoms with Gasteiger partial charge in [-0.1, -0.05) is 6.92 Å². The Morgan fingerprint density at radius 1 is 1.24 bits per heavy atom. The monoisotopic (exact) mass is 346 g/mol. The number of amides is 2. The molecule has 0 radical (unpaired) electrons. The van der Waals surface area contributed by atoms with Crippen LogP contribution < -0.4 is 10.2 Å². The predicted octanol–water partition coefficient (Wildman–Crippen LogP) is 1.43. The molecule has 1 N–H and O–H groups in total. The molecule has 2 atom stereocenters. The normalized spacial score (nSPS) is 23.4. The molecular formula is C18H30N6O. The van der Waals surface area contributed by atoms with Crippen LogP contribution in [0.2, 0.25) is 0 Å². The van der Waals surface area contributed by atoms with Crippen LogP contribution in [0.15, 0.2) is 18.5 Å². The lowest BCUT2D eigenvalue weighted by molar-refractivity contribution is 0.160. The fourth-order valence-corrected chi connectivity index (χ4v) is 3.75. The number of nitrogens with one attached hydrogen (secondary N) is 1. The molecule has 3 rings (SSSR count). The number of piperazine rings is 1. The number of aromatic nitrogens is 2. The van der Waals surface area contributed by atoms with E-state index >= 15 is 0 Å². The predicted molar refractivity (Wildman–Crippen MR) is 98.6 cm³/mol. The van der Waals surface area contributed by atoms with Gasteiger partial charge in [-0.2, -0.15) is 0 Å². The minimum atomic E-state index is 0.0474. The van der Waals surface area contributed by atoms with E-state index in [1.54, 1.807) is 12.4 Å². The number of anilines is 1. The lowest BCUT2D eigenvalue weighted by Crippen LogP contribution is -2.55. The van der Waals surface area contributed by atoms with Crippen molar-refractivity contribution in [3.63, 3.8) is 0 Å². The maximum Gasteiger partial charge on any atom is 0.317 e. The number of rotatable bonds is 4. The summed E-state index contributed by atoms with van der Waals surface area (Å²) in [5.41, 5.74) is 0. The second-order valence-corrected chi connectivity index (χ2v) is 7.38. The number of carbonyl (C=O) groups is 1. The Hall–Kier alpha value is -1.89. The SMILES string of the molecule is CC1CCCN(CC(C)NC(=O)N2CCN(c3ncccn3)CC2)C1. The molecule has 2 amide bonds. The van der Waals surface area contributed by atoms with Crippen molar-refractivity contribution in [1.29, 1.82) is 0 Å². The first-order valence-electron chi connectivity index (χ1n) is 9.41. The molecule has 1 aromatic rings. The molecule has 0 spiro atoms. The fraction of sp³-hybridized carbons (Fsp3) is 0.722. The van der Waals surface area contributed by atoms with Crippen LogP contribution in [0.5, 0.6) is 0 Å². The standard InChI is InChI=1S/C18H30N6O/c1-15-5-3-8-22(13-15)14-16(2)21-18(25)24-11-9-23(10-12-24)17-19-6-4-7-20-17/h4,6-7,15-16H,3,5,8-14H2,1-2H3,(H,21,25). The molecule has 0 bridgehead atoms. The van der Waals surface area contributed by atoms with E-state index in [4.69, 9.17) is 0 Å². The van der Waals surface area contributed by atoms with E-state index in [-0.39, 0.29) is 12.1 Å². The van der Waals surface area contributed by atoms with Gasteiger partial charge in [0.05, 0.1) is 0 Å². The third-order valence-electron chi connectivity index (χ3n) is 5.04. The highest BCUT2D eigenvalue weighted by Crippen LogP contribution is 2.15. The molecule has 2 aliphatic heterocycles. The molecule has 25 heavy (non-hydrogen) atoms. The van der Waals surface area contributed by atoms with Crippen LogP contribution in [0.1, 0.15) is 26.7 Å². The summed E-state index contributed by atoms with van der Waals surface area (Å²) < 4.78 is 0. The molecule has 0 aromatic carbocycles. The second kappa shape index (κ2) is 8.47. The molecule has 2 unspecified atom stereocenters. The molecule has 2 saturated heterocycles. The highest BCUT2D eigenvalue weighted by molar-refractivity contribution is 5.74. The van der Waals surface area contributed by atoms with E-state index < -0.39 is 0 Å². The Morgan fingerprint density at radius 3 is 2.64 bits per heavy atom. The maximum absolute atomic E-state index is 12.5. The van der Waals surface area contributed by atoms with Crippen molar-refractivity contribution in [1.82, 2.24) is 25.1 Å². The van der Waals surface area contributed by atoms with Crippen molar-refractivity contribution >= 4 is 12.0 Å². The number of urea groups is 1. The first kappa shape index (κ1) is 17.9. The van der Waals surface area contributed by atoms with Gasteiger partial charge in [0, 0.05) is 57.7 Å². The van der Waals surface area contributed by atoms with Crippen LogP contribution in [-0.2, 0) is 0 Å². The summed E-state index contributed by atoms with van der Waals surface area (Å²) in [5.74, 6) is 1.51. The van der Waals surface area contributed by atoms with Gasteiger partial charge in [-0.05, 0) is 38.3 Å². The summed E-state index contributed by atoms with van der Waals surface area (Å²) in [5, 5.41) is 3.16. The summed E-state index contributed by atoms with van der Waals surface area (Å²) in [6.45, 7) is 10.6. The molecule has 7 nitrogen and oxygen atoms in total. The van der Waals surface area contributed by atoms with Gasteiger partial charge < -0.3 is 20.0 Å². The molecule has 138 valence electrons. The third-order valence-corrected chi connectivity index (χ3v) is 5.04. The largest absolute Gasteiger partial charge is 0.337 e. The van der Waals surface area contributed by atoms with Crippen LogP contribution >= 0.6 is 0 Å². The van der Waals surface area contributed by atoms with Gasteiger partial charge in [0.2, 0.25) is 5.95 Å². The van der Waals surface area contributed by atoms with E-state index in [9.17, 15) is 4.79 Å². The number of carbonyl (C=O) groups excluding carboxylic acids is 1. The number of likely N-dealkylation sites (tertiary alicyclic amines) is 1. The van der Waals surface area contributed by atoms with Gasteiger partial charge in [0.25, 0.3) is 0 Å². The van der Waals surface area contributed by atoms with Crippen LogP contribution in [0.3, 0.4) is 0 Å². The van der Waals surface area contributed by atoms with Gasteiger partial charge in [0.1, 0.15) is 0 Å². The molecule has 3 heterocycles. The molecule has 2 fully saturated rings. The molecular weight excluding hydrogens is 316 g/mol. The highest BCUT2D eigenvalue weighted by atomic mass is 16.2. The first-order chi connectivity index (χ1) is 12.1. The van der Waals surface area contributed by atoms with Gasteiger partial charge in [-0.25, -0.2) is 14.8 Å². The number of hydrogen-bond acceptors (Lipinski definition) is 5. The number of hydrogen-bond donors (Lipinski definition) is 1. The van der Waals surface area contributed by atoms with E-state index in [0.717, 1.165) is 44.6 Å². The first-order valence-corrected chi connectivity index (χ1v) is 9.41. The zero-order chi connectivity index (χ0) is 17.6. The average Bonchev–Trinajstić information content (AvgIpc) is 2.62. The van der Waals surface area contributed by atoms with E-state index in [2.05, 4.69) is 38.9 Å². The lowest BCUT2D eigenvalue weighted by Gasteiger charge is -2.36. The Kier molecular flexibility index (Phi) is 6.07. The Morgan fingerprint density at radius 2 is 1.96 bits per heavy atom. The van der Waals surface area contributed by atoms with Crippen molar-refractivity contribution < 1.29 is 4.79 Å². The van der Waals surface area contributed by atoms with Gasteiger partial charge in [-0.15, -0.1) is 0 Å². The fourth-order valence-electron chi connectivity index (χ4n) is 3.75. The summed E-state index contributed by atoms with van der Waals surface area (Å²) in [6.07, 6.45) is 6.10. The van der Waals surface area contributed by atoms with Gasteiger partial charge in [-0.3, -0.25) is 0 Å². The highest BCUT2D eigenvalue weighted by Gasteiger charge is 2.24. The summed E-state index contributed by atoms with van der Waals surface area (Å²) in [4.78, 5) is 27.6. The van der Waals surface area contributed by atoms with Crippen molar-refractivity contribution in [2.45, 2.75) is 32.7 Å². The van der Waals surface area contributed by atoms with E-state index in [0.29, 0.717) is 13.1 Å². The Balaban J connectivity index is 1.41. The summed E-state index contributed by atoms with van der Waals surface area (Å²) >= 11 is 0. The Labute approximate surface area is 150 Å². The molecule has 0 saturated carbocycles. The van der Waals surface area contributed by atoms with Crippen molar-refractivity contribution in [3.05, 3.63) is 18.5 Å². The minimum absolute atomic E-state index is 0.0474. The number of nitrogens with zero attached hydrogens (tertiary/aromatic N) is 5. The molecule has 7 heteroatoms. The number of piperidine rings is 1. The van der Waals surface area contributed by atoms with Crippen LogP contribution in [0.4, 0.5) is 10.7 Å². The summed E-state index contributed by atoms with van der Waals surface area (Å²) in [7, 11) is 0. The van der Waals surface area contributed by atoms with Gasteiger partial charge in [0.15, 0.2) is 0 Å². The average molecular weight is 346 g/mol. The van der Waals surface area contributed by atoms with Crippen LogP contribution in [0.25, 0.3) is 0 Å². The topological polar surface area (TPSA) is 64.6 Å². The lowest BCUT2D eigenvalue weighted by atomic mass is 10.00. The molecule has 2 aliphatic rings. The van der Waals surface area contributed by atoms with Crippen molar-refractivity contribution in [3.8, 4) is 0 Å². The zero-order valence-electron chi connectivity index (χ0n) is 15.4. The molecule has 0 aliphatic carbocycles. The summed E-state index contributed by atoms with van der Waals surface area (Å²) in [6, 6.07) is 2.04. The third kappa shape index (κ3) is 5.04. The maximum atomic E-state index is 12.5. The van der Waals surface area contributed by atoms with E-state index in [1.165, 1.54) is 12.8 Å². The van der Waals surface area contributed by atoms with E-state index in [1.807, 2.05) is 11.0 Å². The Bertz CT molecular complexity index is 546. The quantitative estimate of drug-likeness (QED) is 0.893.